The molecule has 2 N–H and O–H groups in total. The molecule has 0 amide bonds. The van der Waals surface area contributed by atoms with Crippen molar-refractivity contribution >= 4 is 11.1 Å². The van der Waals surface area contributed by atoms with Crippen molar-refractivity contribution in [1.82, 2.24) is 9.88 Å². The van der Waals surface area contributed by atoms with Gasteiger partial charge < -0.3 is 15.1 Å². The number of hydrogen-bond acceptors (Lipinski definition) is 4. The lowest BCUT2D eigenvalue weighted by atomic mass is 10.1. The summed E-state index contributed by atoms with van der Waals surface area (Å²) in [6.45, 7) is 6.86. The van der Waals surface area contributed by atoms with E-state index in [1.54, 1.807) is 0 Å². The highest BCUT2D eigenvalue weighted by Gasteiger charge is 2.08. The van der Waals surface area contributed by atoms with Crippen LogP contribution >= 0.6 is 0 Å². The SMILES string of the molecule is Cc1nc2ccc(CN(C)CC(C)CCN)cc2o1. The summed E-state index contributed by atoms with van der Waals surface area (Å²) >= 11 is 0. The van der Waals surface area contributed by atoms with Crippen LogP contribution in [0.5, 0.6) is 0 Å². The van der Waals surface area contributed by atoms with Crippen LogP contribution in [-0.2, 0) is 6.54 Å². The van der Waals surface area contributed by atoms with Gasteiger partial charge in [-0.25, -0.2) is 4.98 Å². The predicted molar refractivity (Wildman–Crippen MR) is 77.9 cm³/mol. The average molecular weight is 261 g/mol. The first-order chi connectivity index (χ1) is 9.08. The maximum absolute atomic E-state index is 5.58. The van der Waals surface area contributed by atoms with Crippen LogP contribution in [0.25, 0.3) is 11.1 Å². The first-order valence-corrected chi connectivity index (χ1v) is 6.83. The van der Waals surface area contributed by atoms with E-state index in [4.69, 9.17) is 10.2 Å². The second-order valence-electron chi connectivity index (χ2n) is 5.41. The van der Waals surface area contributed by atoms with Crippen LogP contribution in [0.2, 0.25) is 0 Å². The van der Waals surface area contributed by atoms with E-state index in [1.807, 2.05) is 13.0 Å². The molecule has 104 valence electrons. The third-order valence-electron chi connectivity index (χ3n) is 3.30. The maximum Gasteiger partial charge on any atom is 0.192 e. The molecular weight excluding hydrogens is 238 g/mol. The van der Waals surface area contributed by atoms with Crippen LogP contribution in [0.1, 0.15) is 24.8 Å². The first-order valence-electron chi connectivity index (χ1n) is 6.83. The summed E-state index contributed by atoms with van der Waals surface area (Å²) in [5, 5.41) is 0. The molecule has 1 unspecified atom stereocenters. The smallest absolute Gasteiger partial charge is 0.192 e. The Morgan fingerprint density at radius 1 is 1.42 bits per heavy atom. The molecule has 4 heteroatoms. The van der Waals surface area contributed by atoms with Gasteiger partial charge in [0, 0.05) is 20.0 Å². The van der Waals surface area contributed by atoms with E-state index in [-0.39, 0.29) is 0 Å². The lowest BCUT2D eigenvalue weighted by Crippen LogP contribution is -2.25. The highest BCUT2D eigenvalue weighted by molar-refractivity contribution is 5.73. The van der Waals surface area contributed by atoms with Gasteiger partial charge in [-0.1, -0.05) is 13.0 Å². The van der Waals surface area contributed by atoms with Gasteiger partial charge in [-0.3, -0.25) is 0 Å². The van der Waals surface area contributed by atoms with Crippen molar-refractivity contribution in [2.45, 2.75) is 26.8 Å². The second-order valence-corrected chi connectivity index (χ2v) is 5.41. The highest BCUT2D eigenvalue weighted by Crippen LogP contribution is 2.18. The Bertz CT molecular complexity index is 535. The van der Waals surface area contributed by atoms with Crippen LogP contribution < -0.4 is 5.73 Å². The van der Waals surface area contributed by atoms with Crippen molar-refractivity contribution in [2.24, 2.45) is 11.7 Å². The van der Waals surface area contributed by atoms with Gasteiger partial charge in [0.15, 0.2) is 11.5 Å². The van der Waals surface area contributed by atoms with Crippen LogP contribution in [0.3, 0.4) is 0 Å². The van der Waals surface area contributed by atoms with Crippen molar-refractivity contribution in [3.63, 3.8) is 0 Å². The van der Waals surface area contributed by atoms with E-state index in [9.17, 15) is 0 Å². The number of aryl methyl sites for hydroxylation is 1. The molecule has 0 radical (unpaired) electrons. The Morgan fingerprint density at radius 2 is 2.21 bits per heavy atom. The zero-order valence-electron chi connectivity index (χ0n) is 12.0. The number of oxazole rings is 1. The van der Waals surface area contributed by atoms with Crippen LogP contribution in [0.15, 0.2) is 22.6 Å². The molecule has 1 aromatic carbocycles. The number of nitrogens with two attached hydrogens (primary N) is 1. The Morgan fingerprint density at radius 3 is 2.95 bits per heavy atom. The summed E-state index contributed by atoms with van der Waals surface area (Å²) in [7, 11) is 2.14. The van der Waals surface area contributed by atoms with Crippen LogP contribution in [-0.4, -0.2) is 30.0 Å². The summed E-state index contributed by atoms with van der Waals surface area (Å²) in [6, 6.07) is 6.23. The average Bonchev–Trinajstić information content (AvgIpc) is 2.68. The fourth-order valence-electron chi connectivity index (χ4n) is 2.47. The highest BCUT2D eigenvalue weighted by atomic mass is 16.3. The molecule has 0 bridgehead atoms. The van der Waals surface area contributed by atoms with Crippen molar-refractivity contribution in [3.05, 3.63) is 29.7 Å². The Balaban J connectivity index is 2.00. The molecule has 0 fully saturated rings. The van der Waals surface area contributed by atoms with Gasteiger partial charge in [0.1, 0.15) is 5.52 Å². The third kappa shape index (κ3) is 3.78. The van der Waals surface area contributed by atoms with Crippen LogP contribution in [0.4, 0.5) is 0 Å². The standard InChI is InChI=1S/C15H23N3O/c1-11(6-7-16)9-18(3)10-13-4-5-14-15(8-13)19-12(2)17-14/h4-5,8,11H,6-7,9-10,16H2,1-3H3. The zero-order valence-corrected chi connectivity index (χ0v) is 12.0. The molecule has 0 aliphatic rings. The lowest BCUT2D eigenvalue weighted by Gasteiger charge is -2.20. The summed E-state index contributed by atoms with van der Waals surface area (Å²) in [4.78, 5) is 6.64. The number of benzene rings is 1. The Hall–Kier alpha value is -1.39. The van der Waals surface area contributed by atoms with Gasteiger partial charge in [0.2, 0.25) is 0 Å². The molecule has 0 aliphatic carbocycles. The minimum Gasteiger partial charge on any atom is -0.441 e. The number of rotatable bonds is 6. The van der Waals surface area contributed by atoms with Crippen molar-refractivity contribution in [1.29, 1.82) is 0 Å². The molecule has 1 heterocycles. The van der Waals surface area contributed by atoms with Crippen molar-refractivity contribution < 1.29 is 4.42 Å². The van der Waals surface area contributed by atoms with E-state index in [1.165, 1.54) is 5.56 Å². The second kappa shape index (κ2) is 6.17. The molecule has 1 aromatic heterocycles. The minimum absolute atomic E-state index is 0.631. The molecule has 4 nitrogen and oxygen atoms in total. The molecule has 0 spiro atoms. The number of fused-ring (bicyclic) bond motifs is 1. The third-order valence-corrected chi connectivity index (χ3v) is 3.30. The summed E-state index contributed by atoms with van der Waals surface area (Å²) in [5.41, 5.74) is 8.64. The molecular formula is C15H23N3O. The normalized spacial score (nSPS) is 13.3. The Labute approximate surface area is 114 Å². The topological polar surface area (TPSA) is 55.3 Å². The van der Waals surface area contributed by atoms with E-state index < -0.39 is 0 Å². The summed E-state index contributed by atoms with van der Waals surface area (Å²) in [6.07, 6.45) is 1.07. The first kappa shape index (κ1) is 14.0. The van der Waals surface area contributed by atoms with E-state index in [0.717, 1.165) is 43.0 Å². The van der Waals surface area contributed by atoms with E-state index in [2.05, 4.69) is 36.0 Å². The molecule has 2 aromatic rings. The molecule has 1 atom stereocenters. The van der Waals surface area contributed by atoms with Crippen molar-refractivity contribution in [3.8, 4) is 0 Å². The number of nitrogens with zero attached hydrogens (tertiary/aromatic N) is 2. The lowest BCUT2D eigenvalue weighted by molar-refractivity contribution is 0.273. The fraction of sp³-hybridized carbons (Fsp3) is 0.533. The largest absolute Gasteiger partial charge is 0.441 e. The zero-order chi connectivity index (χ0) is 13.8. The quantitative estimate of drug-likeness (QED) is 0.868. The summed E-state index contributed by atoms with van der Waals surface area (Å²) < 4.78 is 5.56. The van der Waals surface area contributed by atoms with Gasteiger partial charge in [0.25, 0.3) is 0 Å². The maximum atomic E-state index is 5.58. The van der Waals surface area contributed by atoms with E-state index >= 15 is 0 Å². The van der Waals surface area contributed by atoms with Gasteiger partial charge in [0.05, 0.1) is 0 Å². The van der Waals surface area contributed by atoms with Gasteiger partial charge in [-0.15, -0.1) is 0 Å². The van der Waals surface area contributed by atoms with Crippen LogP contribution in [0, 0.1) is 12.8 Å². The fourth-order valence-corrected chi connectivity index (χ4v) is 2.47. The predicted octanol–water partition coefficient (Wildman–Crippen LogP) is 2.55. The minimum atomic E-state index is 0.631. The number of hydrogen-bond donors (Lipinski definition) is 1. The summed E-state index contributed by atoms with van der Waals surface area (Å²) in [5.74, 6) is 1.35. The molecule has 19 heavy (non-hydrogen) atoms. The van der Waals surface area contributed by atoms with Crippen molar-refractivity contribution in [2.75, 3.05) is 20.1 Å². The van der Waals surface area contributed by atoms with Gasteiger partial charge >= 0.3 is 0 Å². The molecule has 2 rings (SSSR count). The molecule has 0 saturated heterocycles. The number of aromatic nitrogens is 1. The molecule has 0 aliphatic heterocycles. The van der Waals surface area contributed by atoms with Gasteiger partial charge in [-0.2, -0.15) is 0 Å². The molecule has 0 saturated carbocycles. The van der Waals surface area contributed by atoms with Gasteiger partial charge in [-0.05, 0) is 43.6 Å². The monoisotopic (exact) mass is 261 g/mol. The Kier molecular flexibility index (Phi) is 4.56. The van der Waals surface area contributed by atoms with E-state index in [0.29, 0.717) is 5.92 Å².